The Kier molecular flexibility index (Phi) is 34.0. The largest absolute Gasteiger partial charge is 0.462 e. The van der Waals surface area contributed by atoms with E-state index in [0.717, 1.165) is 90.9 Å². The Hall–Kier alpha value is -7.19. The number of hydrogen-bond acceptors (Lipinski definition) is 16. The van der Waals surface area contributed by atoms with Crippen molar-refractivity contribution in [2.45, 2.75) is 182 Å². The van der Waals surface area contributed by atoms with Gasteiger partial charge in [-0.1, -0.05) is 154 Å². The maximum Gasteiger partial charge on any atom is 0.309 e. The zero-order valence-electron chi connectivity index (χ0n) is 72.7. The van der Waals surface area contributed by atoms with Gasteiger partial charge in [-0.2, -0.15) is 0 Å². The first-order chi connectivity index (χ1) is 59.1. The van der Waals surface area contributed by atoms with E-state index in [0.29, 0.717) is 35.2 Å². The molecule has 3 fully saturated rings. The second-order valence-corrected chi connectivity index (χ2v) is 39.7. The van der Waals surface area contributed by atoms with Gasteiger partial charge < -0.3 is 54.3 Å². The zero-order valence-corrected chi connectivity index (χ0v) is 80.3. The maximum atomic E-state index is 13.3. The average molecular weight is 1990 g/mol. The minimum absolute atomic E-state index is 0.00650. The smallest absolute Gasteiger partial charge is 0.309 e. The Morgan fingerprint density at radius 3 is 1.27 bits per heavy atom. The summed E-state index contributed by atoms with van der Waals surface area (Å²) in [6, 6.07) is 66.7. The van der Waals surface area contributed by atoms with E-state index >= 15 is 0 Å². The molecule has 0 radical (unpaired) electrons. The molecule has 0 bridgehead atoms. The van der Waals surface area contributed by atoms with Crippen molar-refractivity contribution < 1.29 is 76.7 Å². The van der Waals surface area contributed by atoms with Crippen molar-refractivity contribution >= 4 is 96.5 Å². The summed E-state index contributed by atoms with van der Waals surface area (Å²) in [5.74, 6) is -1.75. The normalized spacial score (nSPS) is 23.9. The summed E-state index contributed by atoms with van der Waals surface area (Å²) < 4.78 is 84.0. The molecule has 4 aromatic heterocycles. The number of cyclic esters (lactones) is 1. The quantitative estimate of drug-likeness (QED) is 0.0256. The Morgan fingerprint density at radius 1 is 0.444 bits per heavy atom. The number of benzene rings is 8. The molecule has 18 atom stereocenters. The predicted molar refractivity (Wildman–Crippen MR) is 510 cm³/mol. The van der Waals surface area contributed by atoms with Crippen molar-refractivity contribution in [2.75, 3.05) is 20.8 Å². The third kappa shape index (κ3) is 22.4. The predicted octanol–water partition coefficient (Wildman–Crippen LogP) is 25.1. The van der Waals surface area contributed by atoms with E-state index in [1.807, 2.05) is 99.6 Å². The lowest BCUT2D eigenvalue weighted by molar-refractivity contribution is -0.366. The van der Waals surface area contributed by atoms with Crippen molar-refractivity contribution in [3.8, 4) is 41.8 Å². The summed E-state index contributed by atoms with van der Waals surface area (Å²) in [6.45, 7) is 29.1. The summed E-state index contributed by atoms with van der Waals surface area (Å²) in [5.41, 5.74) is 14.0. The fraction of sp³-hybridized carbons (Fsp3) is 0.363. The number of carbonyl (C=O) groups excluding carboxylic acids is 1. The highest BCUT2D eigenvalue weighted by atomic mass is 127. The minimum Gasteiger partial charge on any atom is -0.462 e. The van der Waals surface area contributed by atoms with Crippen LogP contribution >= 0.6 is 90.5 Å². The van der Waals surface area contributed by atoms with Crippen molar-refractivity contribution in [1.29, 1.82) is 0 Å². The summed E-state index contributed by atoms with van der Waals surface area (Å²) in [4.78, 5) is 20.0. The average Bonchev–Trinajstić information content (AvgIpc) is 0.799. The first kappa shape index (κ1) is 97.4. The lowest BCUT2D eigenvalue weighted by Crippen LogP contribution is -2.64. The van der Waals surface area contributed by atoms with Crippen LogP contribution in [0, 0.1) is 93.6 Å². The molecule has 3 aliphatic rings. The van der Waals surface area contributed by atoms with Gasteiger partial charge >= 0.3 is 5.97 Å². The van der Waals surface area contributed by atoms with Gasteiger partial charge in [0.25, 0.3) is 0 Å². The van der Waals surface area contributed by atoms with Gasteiger partial charge in [0.15, 0.2) is 5.79 Å². The summed E-state index contributed by atoms with van der Waals surface area (Å²) in [5, 5.41) is 63.6. The molecule has 12 aromatic rings. The van der Waals surface area contributed by atoms with E-state index in [2.05, 4.69) is 176 Å². The van der Waals surface area contributed by atoms with Gasteiger partial charge in [-0.05, 0) is 310 Å². The molecule has 22 heteroatoms. The number of esters is 1. The Bertz CT molecular complexity index is 5360. The maximum absolute atomic E-state index is 13.3. The molecule has 3 aliphatic heterocycles. The number of ether oxygens (including phenoxy) is 5. The SMILES string of the molecule is CC[C@H]1OC(=O)[C@H](C)[C@@H](C)[C@@H]1C.CC[C@H]1O[C@@](O)(c2ccc(C)c(C(C)c3ccc(-c4ccc(F)cc4)s3)c2)[C@H](C)[C@@H](C)[C@@H]1C.COC(c1ccc(-c2ccc(F)cc2)s1)c1cc([C@]2(OC)O[C@H](CO)[C@@H](O)[C@H](O)[C@H]2O)ccc1C.Cc1ccc(I)cc1C(C)c1ccc(-c2ccc(F)cc2)s1.Cc1ccc(I)cc1C(O)c1ccc(-c2ccc(F)cc2)s1. The topological polar surface area (TPSA) is 185 Å². The standard InChI is InChI=1S/C29H35FO2S.C26H29FO7S.C19H16FIS.C18H14FIOS.C10H18O2/c1-7-26-19(4)18(3)21(6)29(31,32-26)23-11-8-17(2)25(16-23)20(5)27-14-15-28(33-27)22-9-12-24(30)13-10-22;1-14-4-7-16(26(33-3)25(31)23(30)22(29)19(13-28)34-26)12-18(14)24(32-2)21-11-10-20(35-21)15-5-8-17(27)9-6-15;1-12-3-8-16(21)11-17(12)13(2)18-9-10-19(22-18)14-4-6-15(20)7-5-14;1-11-2-7-14(20)10-15(11)18(21)17-9-8-16(22-17)12-3-5-13(19)6-4-12;1-5-9-7(3)6(2)8(4)10(11)12-9/h8-16,18-21,26,31H,7H2,1-6H3;4-12,19,22-25,28-31H,13H2,1-3H3;3-11,13H,1-2H3;2-10,18,21H,1H3;6-9H,5H2,1-4H3/t18-,19-,20?,21+,26+,29+;19-,22-,23+,24?,25-,26+;;;6-,7-,8+,9+/m01..0/s1. The minimum atomic E-state index is -1.82. The van der Waals surface area contributed by atoms with E-state index in [9.17, 15) is 53.0 Å². The first-order valence-corrected chi connectivity index (χ1v) is 47.4. The number of halogens is 6. The van der Waals surface area contributed by atoms with Crippen LogP contribution in [0.25, 0.3) is 41.8 Å². The lowest BCUT2D eigenvalue weighted by Gasteiger charge is -2.49. The van der Waals surface area contributed by atoms with Crippen molar-refractivity contribution in [2.24, 2.45) is 35.5 Å². The molecule has 0 aliphatic carbocycles. The molecule has 4 unspecified atom stereocenters. The van der Waals surface area contributed by atoms with Crippen LogP contribution in [0.1, 0.15) is 181 Å². The molecule has 0 saturated carbocycles. The van der Waals surface area contributed by atoms with Crippen LogP contribution in [0.3, 0.4) is 0 Å². The third-order valence-corrected chi connectivity index (χ3v) is 31.4. The molecular weight excluding hydrogens is 1880 g/mol. The molecule has 0 spiro atoms. The summed E-state index contributed by atoms with van der Waals surface area (Å²) in [7, 11) is 2.91. The molecule has 6 N–H and O–H groups in total. The number of aliphatic hydroxyl groups is 6. The highest BCUT2D eigenvalue weighted by Gasteiger charge is 2.56. The van der Waals surface area contributed by atoms with Gasteiger partial charge in [-0.25, -0.2) is 17.6 Å². The van der Waals surface area contributed by atoms with Crippen LogP contribution in [0.4, 0.5) is 17.6 Å². The number of hydrogen-bond donors (Lipinski definition) is 6. The van der Waals surface area contributed by atoms with Gasteiger partial charge in [0, 0.05) is 89.3 Å². The van der Waals surface area contributed by atoms with E-state index in [-0.39, 0.29) is 59.2 Å². The lowest BCUT2D eigenvalue weighted by atomic mass is 9.72. The molecule has 15 rings (SSSR count). The van der Waals surface area contributed by atoms with Crippen LogP contribution in [-0.4, -0.2) is 94.1 Å². The van der Waals surface area contributed by atoms with Crippen molar-refractivity contribution in [1.82, 2.24) is 0 Å². The summed E-state index contributed by atoms with van der Waals surface area (Å²) >= 11 is 11.2. The van der Waals surface area contributed by atoms with Crippen LogP contribution in [-0.2, 0) is 40.1 Å². The summed E-state index contributed by atoms with van der Waals surface area (Å²) in [6.07, 6.45) is -4.95. The van der Waals surface area contributed by atoms with Crippen LogP contribution in [0.15, 0.2) is 218 Å². The first-order valence-electron chi connectivity index (χ1n) is 41.9. The zero-order chi connectivity index (χ0) is 89.9. The van der Waals surface area contributed by atoms with Gasteiger partial charge in [-0.3, -0.25) is 4.79 Å². The molecule has 3 saturated heterocycles. The highest BCUT2D eigenvalue weighted by Crippen LogP contribution is 2.50. The van der Waals surface area contributed by atoms with Crippen LogP contribution < -0.4 is 0 Å². The fourth-order valence-corrected chi connectivity index (χ4v) is 21.8. The third-order valence-electron chi connectivity index (χ3n) is 25.1. The van der Waals surface area contributed by atoms with E-state index in [4.69, 9.17) is 23.7 Å². The van der Waals surface area contributed by atoms with Crippen molar-refractivity contribution in [3.05, 3.63) is 324 Å². The Labute approximate surface area is 770 Å². The molecule has 7 heterocycles. The second kappa shape index (κ2) is 43.3. The number of methoxy groups -OCH3 is 2. The number of aryl methyl sites for hydroxylation is 4. The van der Waals surface area contributed by atoms with Crippen molar-refractivity contribution in [3.63, 3.8) is 0 Å². The van der Waals surface area contributed by atoms with E-state index in [1.54, 1.807) is 66.2 Å². The highest BCUT2D eigenvalue weighted by molar-refractivity contribution is 14.1. The van der Waals surface area contributed by atoms with Gasteiger partial charge in [0.2, 0.25) is 5.79 Å². The Morgan fingerprint density at radius 2 is 0.823 bits per heavy atom. The Balaban J connectivity index is 0.000000156. The van der Waals surface area contributed by atoms with Gasteiger partial charge in [-0.15, -0.1) is 45.3 Å². The monoisotopic (exact) mass is 1990 g/mol. The molecule has 0 amide bonds. The molecule has 12 nitrogen and oxygen atoms in total. The molecule has 658 valence electrons. The van der Waals surface area contributed by atoms with Gasteiger partial charge in [0.05, 0.1) is 18.6 Å². The van der Waals surface area contributed by atoms with Gasteiger partial charge in [0.1, 0.15) is 66.0 Å². The molecule has 8 aromatic carbocycles. The number of carbonyl (C=O) groups is 1. The molecule has 124 heavy (non-hydrogen) atoms. The van der Waals surface area contributed by atoms with Crippen LogP contribution in [0.5, 0.6) is 0 Å². The van der Waals surface area contributed by atoms with E-state index in [1.165, 1.54) is 119 Å². The number of rotatable bonds is 19. The number of thiophene rings is 4. The van der Waals surface area contributed by atoms with E-state index < -0.39 is 54.8 Å². The molecular formula is C102H112F4I2O12S4. The number of aliphatic hydroxyl groups excluding tert-OH is 5. The van der Waals surface area contributed by atoms with Crippen LogP contribution in [0.2, 0.25) is 0 Å². The fourth-order valence-electron chi connectivity index (χ4n) is 16.4. The second-order valence-electron chi connectivity index (χ2n) is 32.7.